The van der Waals surface area contributed by atoms with Crippen LogP contribution in [0.4, 0.5) is 0 Å². The zero-order chi connectivity index (χ0) is 16.4. The molecule has 1 aromatic carbocycles. The third-order valence-corrected chi connectivity index (χ3v) is 5.04. The lowest BCUT2D eigenvalue weighted by atomic mass is 9.95. The molecular formula is C18H24N4O. The van der Waals surface area contributed by atoms with E-state index in [9.17, 15) is 4.79 Å². The molecule has 0 spiro atoms. The maximum absolute atomic E-state index is 12.7. The molecule has 2 saturated heterocycles. The predicted octanol–water partition coefficient (Wildman–Crippen LogP) is 1.09. The van der Waals surface area contributed by atoms with E-state index in [1.807, 2.05) is 24.0 Å². The Balaban J connectivity index is 1.68. The number of nitrogens with zero attached hydrogens (tertiary/aromatic N) is 3. The van der Waals surface area contributed by atoms with Crippen molar-refractivity contribution in [2.75, 3.05) is 39.3 Å². The smallest absolute Gasteiger partial charge is 0.241 e. The number of nitrogens with one attached hydrogen (secondary N) is 1. The summed E-state index contributed by atoms with van der Waals surface area (Å²) in [6.45, 7) is 9.35. The van der Waals surface area contributed by atoms with Crippen molar-refractivity contribution in [2.24, 2.45) is 0 Å². The van der Waals surface area contributed by atoms with E-state index in [2.05, 4.69) is 29.3 Å². The molecule has 2 aliphatic rings. The van der Waals surface area contributed by atoms with Gasteiger partial charge in [0, 0.05) is 39.3 Å². The SMILES string of the molecule is Cc1cc(C(C)CN2CCN3CCNC[C@@H]3C2=O)ccc1C#N. The molecule has 3 rings (SSSR count). The van der Waals surface area contributed by atoms with Crippen LogP contribution in [0.25, 0.3) is 0 Å². The highest BCUT2D eigenvalue weighted by Gasteiger charge is 2.36. The lowest BCUT2D eigenvalue weighted by Gasteiger charge is -2.44. The number of aryl methyl sites for hydroxylation is 1. The number of carbonyl (C=O) groups is 1. The van der Waals surface area contributed by atoms with Crippen LogP contribution < -0.4 is 5.32 Å². The fraction of sp³-hybridized carbons (Fsp3) is 0.556. The lowest BCUT2D eigenvalue weighted by Crippen LogP contribution is -2.64. The summed E-state index contributed by atoms with van der Waals surface area (Å²) in [4.78, 5) is 17.0. The maximum Gasteiger partial charge on any atom is 0.241 e. The van der Waals surface area contributed by atoms with Gasteiger partial charge in [0.25, 0.3) is 0 Å². The van der Waals surface area contributed by atoms with Crippen LogP contribution in [-0.2, 0) is 4.79 Å². The number of benzene rings is 1. The van der Waals surface area contributed by atoms with Crippen LogP contribution in [0.5, 0.6) is 0 Å². The monoisotopic (exact) mass is 312 g/mol. The van der Waals surface area contributed by atoms with Crippen LogP contribution >= 0.6 is 0 Å². The summed E-state index contributed by atoms with van der Waals surface area (Å²) in [5, 5.41) is 12.4. The summed E-state index contributed by atoms with van der Waals surface area (Å²) in [5.41, 5.74) is 2.92. The average Bonchev–Trinajstić information content (AvgIpc) is 2.57. The van der Waals surface area contributed by atoms with E-state index in [-0.39, 0.29) is 17.9 Å². The van der Waals surface area contributed by atoms with Gasteiger partial charge in [-0.05, 0) is 30.0 Å². The fourth-order valence-corrected chi connectivity index (χ4v) is 3.56. The first kappa shape index (κ1) is 16.0. The molecule has 1 amide bonds. The van der Waals surface area contributed by atoms with Gasteiger partial charge in [-0.15, -0.1) is 0 Å². The molecule has 5 nitrogen and oxygen atoms in total. The Morgan fingerprint density at radius 2 is 2.22 bits per heavy atom. The van der Waals surface area contributed by atoms with Crippen molar-refractivity contribution in [3.8, 4) is 6.07 Å². The topological polar surface area (TPSA) is 59.4 Å². The Bertz CT molecular complexity index is 636. The van der Waals surface area contributed by atoms with Crippen LogP contribution in [0.15, 0.2) is 18.2 Å². The Kier molecular flexibility index (Phi) is 4.65. The van der Waals surface area contributed by atoms with E-state index >= 15 is 0 Å². The number of carbonyl (C=O) groups excluding carboxylic acids is 1. The molecular weight excluding hydrogens is 288 g/mol. The van der Waals surface area contributed by atoms with Gasteiger partial charge in [-0.3, -0.25) is 9.69 Å². The van der Waals surface area contributed by atoms with Gasteiger partial charge in [-0.1, -0.05) is 19.1 Å². The normalized spacial score (nSPS) is 23.3. The predicted molar refractivity (Wildman–Crippen MR) is 89.1 cm³/mol. The van der Waals surface area contributed by atoms with Gasteiger partial charge in [0.15, 0.2) is 0 Å². The number of piperazine rings is 2. The standard InChI is InChI=1S/C18H24N4O/c1-13-9-15(3-4-16(13)10-19)14(2)12-22-8-7-21-6-5-20-11-17(21)18(22)23/h3-4,9,14,17,20H,5-8,11-12H2,1-2H3/t14?,17-/m1/s1. The molecule has 0 aromatic heterocycles. The first-order valence-corrected chi connectivity index (χ1v) is 8.34. The molecule has 122 valence electrons. The number of hydrogen-bond acceptors (Lipinski definition) is 4. The second-order valence-electron chi connectivity index (χ2n) is 6.63. The van der Waals surface area contributed by atoms with Crippen molar-refractivity contribution in [3.05, 3.63) is 34.9 Å². The zero-order valence-corrected chi connectivity index (χ0v) is 13.9. The van der Waals surface area contributed by atoms with Gasteiger partial charge < -0.3 is 10.2 Å². The first-order valence-electron chi connectivity index (χ1n) is 8.34. The molecule has 0 bridgehead atoms. The van der Waals surface area contributed by atoms with Crippen LogP contribution in [0.2, 0.25) is 0 Å². The molecule has 1 N–H and O–H groups in total. The van der Waals surface area contributed by atoms with Gasteiger partial charge >= 0.3 is 0 Å². The van der Waals surface area contributed by atoms with E-state index in [0.717, 1.165) is 50.4 Å². The van der Waals surface area contributed by atoms with Crippen LogP contribution in [0, 0.1) is 18.3 Å². The molecule has 0 saturated carbocycles. The molecule has 5 heteroatoms. The summed E-state index contributed by atoms with van der Waals surface area (Å²) in [6.07, 6.45) is 0. The number of rotatable bonds is 3. The molecule has 0 aliphatic carbocycles. The lowest BCUT2D eigenvalue weighted by molar-refractivity contribution is -0.142. The van der Waals surface area contributed by atoms with Gasteiger partial charge in [0.1, 0.15) is 6.04 Å². The Morgan fingerprint density at radius 1 is 1.39 bits per heavy atom. The van der Waals surface area contributed by atoms with Gasteiger partial charge in [-0.2, -0.15) is 5.26 Å². The Hall–Kier alpha value is -1.90. The molecule has 1 unspecified atom stereocenters. The minimum atomic E-state index is 0.00685. The van der Waals surface area contributed by atoms with Gasteiger partial charge in [0.05, 0.1) is 11.6 Å². The van der Waals surface area contributed by atoms with E-state index < -0.39 is 0 Å². The van der Waals surface area contributed by atoms with Crippen LogP contribution in [0.3, 0.4) is 0 Å². The Labute approximate surface area is 137 Å². The second kappa shape index (κ2) is 6.69. The number of hydrogen-bond donors (Lipinski definition) is 1. The van der Waals surface area contributed by atoms with Crippen LogP contribution in [0.1, 0.15) is 29.5 Å². The zero-order valence-electron chi connectivity index (χ0n) is 13.9. The van der Waals surface area contributed by atoms with Crippen LogP contribution in [-0.4, -0.2) is 61.0 Å². The quantitative estimate of drug-likeness (QED) is 0.907. The third-order valence-electron chi connectivity index (χ3n) is 5.04. The van der Waals surface area contributed by atoms with Crippen molar-refractivity contribution in [3.63, 3.8) is 0 Å². The summed E-state index contributed by atoms with van der Waals surface area (Å²) in [6, 6.07) is 8.18. The maximum atomic E-state index is 12.7. The molecule has 0 radical (unpaired) electrons. The van der Waals surface area contributed by atoms with Crippen molar-refractivity contribution in [1.82, 2.24) is 15.1 Å². The summed E-state index contributed by atoms with van der Waals surface area (Å²) >= 11 is 0. The third kappa shape index (κ3) is 3.24. The van der Waals surface area contributed by atoms with E-state index in [1.165, 1.54) is 5.56 Å². The summed E-state index contributed by atoms with van der Waals surface area (Å²) < 4.78 is 0. The molecule has 2 fully saturated rings. The van der Waals surface area contributed by atoms with Gasteiger partial charge in [-0.25, -0.2) is 0 Å². The minimum absolute atomic E-state index is 0.00685. The van der Waals surface area contributed by atoms with Crippen molar-refractivity contribution in [2.45, 2.75) is 25.8 Å². The molecule has 2 aliphatic heterocycles. The van der Waals surface area contributed by atoms with E-state index in [1.54, 1.807) is 0 Å². The van der Waals surface area contributed by atoms with Crippen molar-refractivity contribution >= 4 is 5.91 Å². The minimum Gasteiger partial charge on any atom is -0.339 e. The number of fused-ring (bicyclic) bond motifs is 1. The second-order valence-corrected chi connectivity index (χ2v) is 6.63. The first-order chi connectivity index (χ1) is 11.1. The molecule has 23 heavy (non-hydrogen) atoms. The largest absolute Gasteiger partial charge is 0.339 e. The highest BCUT2D eigenvalue weighted by Crippen LogP contribution is 2.22. The van der Waals surface area contributed by atoms with E-state index in [4.69, 9.17) is 5.26 Å². The summed E-state index contributed by atoms with van der Waals surface area (Å²) in [5.74, 6) is 0.522. The van der Waals surface area contributed by atoms with Crippen molar-refractivity contribution < 1.29 is 4.79 Å². The Morgan fingerprint density at radius 3 is 2.96 bits per heavy atom. The van der Waals surface area contributed by atoms with Gasteiger partial charge in [0.2, 0.25) is 5.91 Å². The van der Waals surface area contributed by atoms with Crippen molar-refractivity contribution in [1.29, 1.82) is 5.26 Å². The average molecular weight is 312 g/mol. The summed E-state index contributed by atoms with van der Waals surface area (Å²) in [7, 11) is 0. The van der Waals surface area contributed by atoms with E-state index in [0.29, 0.717) is 0 Å². The highest BCUT2D eigenvalue weighted by molar-refractivity contribution is 5.83. The highest BCUT2D eigenvalue weighted by atomic mass is 16.2. The molecule has 1 aromatic rings. The molecule has 2 atom stereocenters. The fourth-order valence-electron chi connectivity index (χ4n) is 3.56. The molecule has 2 heterocycles. The number of amides is 1. The number of nitriles is 1.